The van der Waals surface area contributed by atoms with Crippen LogP contribution < -0.4 is 10.1 Å². The number of carbonyl (C=O) groups excluding carboxylic acids is 1. The number of nitrogens with zero attached hydrogens (tertiary/aromatic N) is 3. The average Bonchev–Trinajstić information content (AvgIpc) is 3.54. The predicted molar refractivity (Wildman–Crippen MR) is 131 cm³/mol. The van der Waals surface area contributed by atoms with Crippen LogP contribution in [0.15, 0.2) is 71.6 Å². The summed E-state index contributed by atoms with van der Waals surface area (Å²) in [5, 5.41) is 13.4. The standard InChI is InChI=1S/C24H22N4O4S2/c1-32-18-13-11-17(12-14-18)23-26-27-24(33-23)25-22(29)20-9-5-15-28(20)34(30,31)21-10-4-7-16-6-2-3-8-19(16)21/h2-4,6-8,10-14,20H,5,9,15H2,1H3,(H,25,27,29)/t20-/m0/s1. The second-order valence-corrected chi connectivity index (χ2v) is 10.7. The first kappa shape index (κ1) is 22.5. The number of sulfonamides is 1. The highest BCUT2D eigenvalue weighted by molar-refractivity contribution is 7.89. The summed E-state index contributed by atoms with van der Waals surface area (Å²) in [6.07, 6.45) is 1.05. The van der Waals surface area contributed by atoms with E-state index >= 15 is 0 Å². The quantitative estimate of drug-likeness (QED) is 0.432. The summed E-state index contributed by atoms with van der Waals surface area (Å²) in [7, 11) is -2.27. The minimum atomic E-state index is -3.87. The van der Waals surface area contributed by atoms with Gasteiger partial charge in [0.1, 0.15) is 16.8 Å². The number of methoxy groups -OCH3 is 1. The fourth-order valence-corrected chi connectivity index (χ4v) is 6.77. The Morgan fingerprint density at radius 3 is 2.62 bits per heavy atom. The second kappa shape index (κ2) is 9.13. The highest BCUT2D eigenvalue weighted by atomic mass is 32.2. The number of hydrogen-bond donors (Lipinski definition) is 1. The Balaban J connectivity index is 1.37. The van der Waals surface area contributed by atoms with Crippen LogP contribution in [0.1, 0.15) is 12.8 Å². The zero-order chi connectivity index (χ0) is 23.7. The van der Waals surface area contributed by atoms with E-state index in [0.29, 0.717) is 28.4 Å². The van der Waals surface area contributed by atoms with Crippen LogP contribution in [0.4, 0.5) is 5.13 Å². The van der Waals surface area contributed by atoms with Crippen LogP contribution in [-0.2, 0) is 14.8 Å². The molecule has 3 aromatic carbocycles. The smallest absolute Gasteiger partial charge is 0.244 e. The van der Waals surface area contributed by atoms with Gasteiger partial charge in [0.25, 0.3) is 0 Å². The van der Waals surface area contributed by atoms with Gasteiger partial charge in [0.15, 0.2) is 0 Å². The fraction of sp³-hybridized carbons (Fsp3) is 0.208. The van der Waals surface area contributed by atoms with Crippen molar-refractivity contribution in [1.29, 1.82) is 0 Å². The lowest BCUT2D eigenvalue weighted by Crippen LogP contribution is -2.43. The maximum Gasteiger partial charge on any atom is 0.244 e. The molecule has 5 rings (SSSR count). The molecule has 2 heterocycles. The monoisotopic (exact) mass is 494 g/mol. The van der Waals surface area contributed by atoms with Crippen molar-refractivity contribution in [3.05, 3.63) is 66.7 Å². The van der Waals surface area contributed by atoms with Crippen molar-refractivity contribution < 1.29 is 17.9 Å². The Kier molecular flexibility index (Phi) is 6.03. The van der Waals surface area contributed by atoms with E-state index in [1.54, 1.807) is 25.3 Å². The minimum absolute atomic E-state index is 0.211. The van der Waals surface area contributed by atoms with E-state index in [4.69, 9.17) is 4.74 Å². The van der Waals surface area contributed by atoms with E-state index < -0.39 is 22.0 Å². The van der Waals surface area contributed by atoms with E-state index in [0.717, 1.165) is 16.7 Å². The normalized spacial score (nSPS) is 16.6. The van der Waals surface area contributed by atoms with Crippen LogP contribution in [0, 0.1) is 0 Å². The number of aromatic nitrogens is 2. The summed E-state index contributed by atoms with van der Waals surface area (Å²) in [4.78, 5) is 13.3. The Bertz CT molecular complexity index is 1450. The largest absolute Gasteiger partial charge is 0.497 e. The van der Waals surface area contributed by atoms with Crippen molar-refractivity contribution in [3.63, 3.8) is 0 Å². The Morgan fingerprint density at radius 2 is 1.82 bits per heavy atom. The molecule has 1 N–H and O–H groups in total. The molecule has 1 atom stereocenters. The van der Waals surface area contributed by atoms with Gasteiger partial charge in [-0.2, -0.15) is 4.31 Å². The van der Waals surface area contributed by atoms with Gasteiger partial charge in [0.05, 0.1) is 12.0 Å². The predicted octanol–water partition coefficient (Wildman–Crippen LogP) is 4.16. The molecule has 0 aliphatic carbocycles. The highest BCUT2D eigenvalue weighted by Gasteiger charge is 2.40. The molecule has 174 valence electrons. The molecule has 1 aromatic heterocycles. The Hall–Kier alpha value is -3.34. The van der Waals surface area contributed by atoms with Gasteiger partial charge in [-0.05, 0) is 48.6 Å². The van der Waals surface area contributed by atoms with Gasteiger partial charge in [0.2, 0.25) is 21.1 Å². The number of benzene rings is 3. The van der Waals surface area contributed by atoms with Crippen molar-refractivity contribution >= 4 is 43.2 Å². The number of carbonyl (C=O) groups is 1. The third-order valence-corrected chi connectivity index (χ3v) is 8.69. The van der Waals surface area contributed by atoms with Crippen LogP contribution in [0.5, 0.6) is 5.75 Å². The molecule has 4 aromatic rings. The molecule has 10 heteroatoms. The number of amides is 1. The van der Waals surface area contributed by atoms with Crippen molar-refractivity contribution in [2.75, 3.05) is 19.0 Å². The summed E-state index contributed by atoms with van der Waals surface area (Å²) in [6.45, 7) is 0.289. The Morgan fingerprint density at radius 1 is 1.06 bits per heavy atom. The molecular weight excluding hydrogens is 472 g/mol. The molecule has 1 aliphatic rings. The van der Waals surface area contributed by atoms with Crippen LogP contribution in [0.2, 0.25) is 0 Å². The molecular formula is C24H22N4O4S2. The molecule has 1 amide bonds. The highest BCUT2D eigenvalue weighted by Crippen LogP contribution is 2.32. The molecule has 0 unspecified atom stereocenters. The first-order valence-corrected chi connectivity index (χ1v) is 13.0. The molecule has 34 heavy (non-hydrogen) atoms. The lowest BCUT2D eigenvalue weighted by Gasteiger charge is -2.23. The van der Waals surface area contributed by atoms with Crippen LogP contribution >= 0.6 is 11.3 Å². The van der Waals surface area contributed by atoms with Gasteiger partial charge < -0.3 is 4.74 Å². The first-order valence-electron chi connectivity index (χ1n) is 10.8. The molecule has 1 aliphatic heterocycles. The SMILES string of the molecule is COc1ccc(-c2nnc(NC(=O)[C@@H]3CCCN3S(=O)(=O)c3cccc4ccccc34)s2)cc1. The molecule has 0 bridgehead atoms. The zero-order valence-electron chi connectivity index (χ0n) is 18.3. The summed E-state index contributed by atoms with van der Waals surface area (Å²) < 4.78 is 33.6. The number of fused-ring (bicyclic) bond motifs is 1. The maximum absolute atomic E-state index is 13.6. The summed E-state index contributed by atoms with van der Waals surface area (Å²) >= 11 is 1.23. The number of hydrogen-bond acceptors (Lipinski definition) is 7. The summed E-state index contributed by atoms with van der Waals surface area (Å²) in [5.74, 6) is 0.328. The van der Waals surface area contributed by atoms with E-state index in [2.05, 4.69) is 15.5 Å². The van der Waals surface area contributed by atoms with Crippen molar-refractivity contribution in [2.45, 2.75) is 23.8 Å². The van der Waals surface area contributed by atoms with Crippen LogP contribution in [0.3, 0.4) is 0 Å². The second-order valence-electron chi connectivity index (χ2n) is 7.88. The average molecular weight is 495 g/mol. The molecule has 0 radical (unpaired) electrons. The van der Waals surface area contributed by atoms with E-state index in [1.165, 1.54) is 15.6 Å². The van der Waals surface area contributed by atoms with Crippen molar-refractivity contribution in [1.82, 2.24) is 14.5 Å². The number of ether oxygens (including phenoxy) is 1. The molecule has 0 spiro atoms. The van der Waals surface area contributed by atoms with Crippen LogP contribution in [-0.4, -0.2) is 48.5 Å². The van der Waals surface area contributed by atoms with Crippen LogP contribution in [0.25, 0.3) is 21.3 Å². The molecule has 1 saturated heterocycles. The topological polar surface area (TPSA) is 101 Å². The number of rotatable bonds is 6. The molecule has 8 nitrogen and oxygen atoms in total. The fourth-order valence-electron chi connectivity index (χ4n) is 4.15. The summed E-state index contributed by atoms with van der Waals surface area (Å²) in [5.41, 5.74) is 0.847. The number of anilines is 1. The van der Waals surface area contributed by atoms with Gasteiger partial charge >= 0.3 is 0 Å². The third-order valence-electron chi connectivity index (χ3n) is 5.83. The van der Waals surface area contributed by atoms with Gasteiger partial charge in [-0.15, -0.1) is 10.2 Å². The maximum atomic E-state index is 13.6. The van der Waals surface area contributed by atoms with Gasteiger partial charge in [-0.1, -0.05) is 47.7 Å². The van der Waals surface area contributed by atoms with Crippen molar-refractivity contribution in [2.24, 2.45) is 0 Å². The van der Waals surface area contributed by atoms with E-state index in [9.17, 15) is 13.2 Å². The lowest BCUT2D eigenvalue weighted by molar-refractivity contribution is -0.119. The molecule has 1 fully saturated rings. The van der Waals surface area contributed by atoms with E-state index in [1.807, 2.05) is 48.5 Å². The summed E-state index contributed by atoms with van der Waals surface area (Å²) in [6, 6.07) is 19.1. The zero-order valence-corrected chi connectivity index (χ0v) is 20.0. The van der Waals surface area contributed by atoms with Gasteiger partial charge in [-0.25, -0.2) is 8.42 Å². The van der Waals surface area contributed by atoms with Gasteiger partial charge in [0, 0.05) is 17.5 Å². The first-order chi connectivity index (χ1) is 16.5. The minimum Gasteiger partial charge on any atom is -0.497 e. The number of nitrogens with one attached hydrogen (secondary N) is 1. The van der Waals surface area contributed by atoms with Gasteiger partial charge in [-0.3, -0.25) is 10.1 Å². The van der Waals surface area contributed by atoms with Crippen molar-refractivity contribution in [3.8, 4) is 16.3 Å². The lowest BCUT2D eigenvalue weighted by atomic mass is 10.1. The van der Waals surface area contributed by atoms with E-state index in [-0.39, 0.29) is 11.4 Å². The Labute approximate surface area is 201 Å². The third kappa shape index (κ3) is 4.15. The molecule has 0 saturated carbocycles.